The molecule has 1 aromatic carbocycles. The molecule has 0 spiro atoms. The molecule has 8 heteroatoms. The van der Waals surface area contributed by atoms with E-state index < -0.39 is 11.7 Å². The van der Waals surface area contributed by atoms with Crippen LogP contribution in [0.2, 0.25) is 5.02 Å². The number of halogens is 4. The highest BCUT2D eigenvalue weighted by molar-refractivity contribution is 8.00. The summed E-state index contributed by atoms with van der Waals surface area (Å²) < 4.78 is 43.5. The molecule has 0 aliphatic heterocycles. The van der Waals surface area contributed by atoms with Crippen LogP contribution >= 0.6 is 23.4 Å². The Morgan fingerprint density at radius 1 is 1.39 bits per heavy atom. The standard InChI is InChI=1S/C15H13ClF3NO2S/c1-9(13-3-2-6-22-13)20-14(21)8-23-10-4-5-12(16)11(7-10)15(17,18)19/h2-7,9H,8H2,1H3,(H,20,21)/t9-/m0/s1. The van der Waals surface area contributed by atoms with E-state index in [0.717, 1.165) is 17.8 Å². The quantitative estimate of drug-likeness (QED) is 0.766. The molecule has 2 rings (SSSR count). The van der Waals surface area contributed by atoms with Crippen LogP contribution in [-0.2, 0) is 11.0 Å². The summed E-state index contributed by atoms with van der Waals surface area (Å²) in [6.45, 7) is 1.76. The molecule has 0 unspecified atom stereocenters. The third-order valence-corrected chi connectivity index (χ3v) is 4.28. The summed E-state index contributed by atoms with van der Waals surface area (Å²) in [6, 6.07) is 6.69. The maximum absolute atomic E-state index is 12.8. The number of alkyl halides is 3. The van der Waals surface area contributed by atoms with Crippen molar-refractivity contribution in [2.75, 3.05) is 5.75 Å². The number of rotatable bonds is 5. The number of furan rings is 1. The number of benzene rings is 1. The Hall–Kier alpha value is -1.60. The Bertz CT molecular complexity index is 674. The SMILES string of the molecule is C[C@H](NC(=O)CSc1ccc(Cl)c(C(F)(F)F)c1)c1ccco1. The van der Waals surface area contributed by atoms with E-state index in [1.807, 2.05) is 0 Å². The molecule has 1 atom stereocenters. The highest BCUT2D eigenvalue weighted by Gasteiger charge is 2.33. The first-order valence-electron chi connectivity index (χ1n) is 6.59. The van der Waals surface area contributed by atoms with Gasteiger partial charge in [-0.3, -0.25) is 4.79 Å². The first-order valence-corrected chi connectivity index (χ1v) is 7.96. The van der Waals surface area contributed by atoms with Gasteiger partial charge in [-0.15, -0.1) is 11.8 Å². The molecule has 23 heavy (non-hydrogen) atoms. The van der Waals surface area contributed by atoms with Crippen LogP contribution in [-0.4, -0.2) is 11.7 Å². The zero-order valence-corrected chi connectivity index (χ0v) is 13.6. The van der Waals surface area contributed by atoms with Gasteiger partial charge in [-0.25, -0.2) is 0 Å². The van der Waals surface area contributed by atoms with E-state index in [1.165, 1.54) is 18.4 Å². The maximum atomic E-state index is 12.8. The van der Waals surface area contributed by atoms with Crippen molar-refractivity contribution in [2.45, 2.75) is 24.0 Å². The minimum absolute atomic E-state index is 0.00994. The second kappa shape index (κ2) is 7.31. The molecular formula is C15H13ClF3NO2S. The second-order valence-electron chi connectivity index (χ2n) is 4.73. The Kier molecular flexibility index (Phi) is 5.64. The number of hydrogen-bond donors (Lipinski definition) is 1. The van der Waals surface area contributed by atoms with Crippen molar-refractivity contribution in [2.24, 2.45) is 0 Å². The van der Waals surface area contributed by atoms with E-state index in [0.29, 0.717) is 10.7 Å². The molecule has 1 N–H and O–H groups in total. The Morgan fingerprint density at radius 3 is 2.74 bits per heavy atom. The minimum atomic E-state index is -4.52. The lowest BCUT2D eigenvalue weighted by molar-refractivity contribution is -0.137. The van der Waals surface area contributed by atoms with E-state index in [1.54, 1.807) is 19.1 Å². The van der Waals surface area contributed by atoms with Crippen molar-refractivity contribution in [1.29, 1.82) is 0 Å². The van der Waals surface area contributed by atoms with Gasteiger partial charge in [0.05, 0.1) is 28.6 Å². The molecule has 0 aliphatic carbocycles. The normalized spacial score (nSPS) is 12.9. The number of carbonyl (C=O) groups excluding carboxylic acids is 1. The van der Waals surface area contributed by atoms with Gasteiger partial charge in [-0.05, 0) is 37.3 Å². The van der Waals surface area contributed by atoms with Crippen molar-refractivity contribution in [3.05, 3.63) is 52.9 Å². The second-order valence-corrected chi connectivity index (χ2v) is 6.19. The van der Waals surface area contributed by atoms with E-state index in [4.69, 9.17) is 16.0 Å². The number of thioether (sulfide) groups is 1. The van der Waals surface area contributed by atoms with Crippen LogP contribution in [0.15, 0.2) is 45.9 Å². The van der Waals surface area contributed by atoms with Gasteiger partial charge in [0.2, 0.25) is 5.91 Å². The van der Waals surface area contributed by atoms with Gasteiger partial charge < -0.3 is 9.73 Å². The summed E-state index contributed by atoms with van der Waals surface area (Å²) in [5.41, 5.74) is -0.909. The molecular weight excluding hydrogens is 351 g/mol. The highest BCUT2D eigenvalue weighted by Crippen LogP contribution is 2.36. The van der Waals surface area contributed by atoms with Gasteiger partial charge in [0.25, 0.3) is 0 Å². The van der Waals surface area contributed by atoms with Crippen LogP contribution in [0.4, 0.5) is 13.2 Å². The average Bonchev–Trinajstić information content (AvgIpc) is 2.99. The monoisotopic (exact) mass is 363 g/mol. The van der Waals surface area contributed by atoms with Gasteiger partial charge in [-0.1, -0.05) is 11.6 Å². The van der Waals surface area contributed by atoms with Crippen LogP contribution in [0, 0.1) is 0 Å². The van der Waals surface area contributed by atoms with E-state index in [9.17, 15) is 18.0 Å². The Balaban J connectivity index is 1.94. The zero-order chi connectivity index (χ0) is 17.0. The summed E-state index contributed by atoms with van der Waals surface area (Å²) in [4.78, 5) is 12.2. The van der Waals surface area contributed by atoms with Crippen LogP contribution in [0.3, 0.4) is 0 Å². The van der Waals surface area contributed by atoms with Crippen LogP contribution in [0.1, 0.15) is 24.3 Å². The lowest BCUT2D eigenvalue weighted by Crippen LogP contribution is -2.27. The molecule has 0 aliphatic rings. The van der Waals surface area contributed by atoms with Gasteiger partial charge >= 0.3 is 6.18 Å². The molecule has 0 fully saturated rings. The fourth-order valence-corrected chi connectivity index (χ4v) is 2.82. The van der Waals surface area contributed by atoms with E-state index in [-0.39, 0.29) is 22.7 Å². The van der Waals surface area contributed by atoms with E-state index >= 15 is 0 Å². The maximum Gasteiger partial charge on any atom is 0.417 e. The third-order valence-electron chi connectivity index (χ3n) is 2.96. The topological polar surface area (TPSA) is 42.2 Å². The highest BCUT2D eigenvalue weighted by atomic mass is 35.5. The number of carbonyl (C=O) groups is 1. The predicted molar refractivity (Wildman–Crippen MR) is 82.4 cm³/mol. The lowest BCUT2D eigenvalue weighted by atomic mass is 10.2. The Labute approximate surface area is 140 Å². The van der Waals surface area contributed by atoms with E-state index in [2.05, 4.69) is 5.32 Å². The third kappa shape index (κ3) is 4.94. The van der Waals surface area contributed by atoms with Crippen molar-refractivity contribution >= 4 is 29.3 Å². The molecule has 0 saturated carbocycles. The van der Waals surface area contributed by atoms with Gasteiger partial charge in [-0.2, -0.15) is 13.2 Å². The Morgan fingerprint density at radius 2 is 2.13 bits per heavy atom. The predicted octanol–water partition coefficient (Wildman–Crippen LogP) is 4.92. The smallest absolute Gasteiger partial charge is 0.417 e. The van der Waals surface area contributed by atoms with Crippen molar-refractivity contribution in [1.82, 2.24) is 5.32 Å². The molecule has 2 aromatic rings. The summed E-state index contributed by atoms with van der Waals surface area (Å²) in [5.74, 6) is 0.292. The fourth-order valence-electron chi connectivity index (χ4n) is 1.85. The number of amides is 1. The average molecular weight is 364 g/mol. The largest absolute Gasteiger partial charge is 0.467 e. The fraction of sp³-hybridized carbons (Fsp3) is 0.267. The molecule has 124 valence electrons. The van der Waals surface area contributed by atoms with Crippen LogP contribution in [0.5, 0.6) is 0 Å². The lowest BCUT2D eigenvalue weighted by Gasteiger charge is -2.12. The summed E-state index contributed by atoms with van der Waals surface area (Å²) in [6.07, 6.45) is -3.02. The molecule has 1 amide bonds. The number of nitrogens with one attached hydrogen (secondary N) is 1. The molecule has 1 heterocycles. The van der Waals surface area contributed by atoms with Crippen molar-refractivity contribution in [3.8, 4) is 0 Å². The van der Waals surface area contributed by atoms with Crippen LogP contribution in [0.25, 0.3) is 0 Å². The molecule has 0 radical (unpaired) electrons. The zero-order valence-electron chi connectivity index (χ0n) is 12.0. The molecule has 3 nitrogen and oxygen atoms in total. The molecule has 0 bridgehead atoms. The molecule has 0 saturated heterocycles. The van der Waals surface area contributed by atoms with Gasteiger partial charge in [0, 0.05) is 4.90 Å². The summed E-state index contributed by atoms with van der Waals surface area (Å²) >= 11 is 6.56. The van der Waals surface area contributed by atoms with Crippen molar-refractivity contribution < 1.29 is 22.4 Å². The minimum Gasteiger partial charge on any atom is -0.467 e. The van der Waals surface area contributed by atoms with Gasteiger partial charge in [0.1, 0.15) is 5.76 Å². The first kappa shape index (κ1) is 17.7. The first-order chi connectivity index (χ1) is 10.8. The number of hydrogen-bond acceptors (Lipinski definition) is 3. The molecule has 1 aromatic heterocycles. The summed E-state index contributed by atoms with van der Waals surface area (Å²) in [5, 5.41) is 2.34. The van der Waals surface area contributed by atoms with Crippen LogP contribution < -0.4 is 5.32 Å². The van der Waals surface area contributed by atoms with Crippen molar-refractivity contribution in [3.63, 3.8) is 0 Å². The summed E-state index contributed by atoms with van der Waals surface area (Å²) in [7, 11) is 0. The van der Waals surface area contributed by atoms with Gasteiger partial charge in [0.15, 0.2) is 0 Å².